The van der Waals surface area contributed by atoms with Crippen molar-refractivity contribution in [2.45, 2.75) is 32.0 Å². The number of sulfone groups is 1. The van der Waals surface area contributed by atoms with E-state index < -0.39 is 26.7 Å². The van der Waals surface area contributed by atoms with Crippen LogP contribution in [0.15, 0.2) is 40.3 Å². The van der Waals surface area contributed by atoms with E-state index in [0.717, 1.165) is 10.1 Å². The van der Waals surface area contributed by atoms with Crippen LogP contribution in [0.25, 0.3) is 11.2 Å². The fraction of sp³-hybridized carbons (Fsp3) is 0.368. The maximum absolute atomic E-state index is 13.2. The highest BCUT2D eigenvalue weighted by atomic mass is 32.2. The first-order chi connectivity index (χ1) is 14.2. The van der Waals surface area contributed by atoms with Crippen LogP contribution >= 0.6 is 0 Å². The number of hydrogen-bond acceptors (Lipinski definition) is 7. The van der Waals surface area contributed by atoms with Gasteiger partial charge in [0.2, 0.25) is 9.84 Å². The van der Waals surface area contributed by atoms with Gasteiger partial charge in [-0.2, -0.15) is 9.97 Å². The van der Waals surface area contributed by atoms with Gasteiger partial charge in [-0.3, -0.25) is 4.57 Å². The Morgan fingerprint density at radius 1 is 1.17 bits per heavy atom. The highest BCUT2D eigenvalue weighted by molar-refractivity contribution is 7.91. The van der Waals surface area contributed by atoms with E-state index in [1.807, 2.05) is 37.3 Å². The average molecular weight is 433 g/mol. The summed E-state index contributed by atoms with van der Waals surface area (Å²) in [5.74, 6) is -0.464. The lowest BCUT2D eigenvalue weighted by molar-refractivity contribution is 0.210. The summed E-state index contributed by atoms with van der Waals surface area (Å²) in [6, 6.07) is 8.51. The minimum atomic E-state index is -3.77. The molecule has 0 bridgehead atoms. The summed E-state index contributed by atoms with van der Waals surface area (Å²) >= 11 is 0. The van der Waals surface area contributed by atoms with Gasteiger partial charge in [-0.15, -0.1) is 0 Å². The molecule has 30 heavy (non-hydrogen) atoms. The van der Waals surface area contributed by atoms with Gasteiger partial charge in [0.05, 0.1) is 12.3 Å². The molecule has 1 amide bonds. The van der Waals surface area contributed by atoms with Crippen LogP contribution < -0.4 is 11.4 Å². The molecular formula is C19H24N6O4S. The smallest absolute Gasteiger partial charge is 0.339 e. The van der Waals surface area contributed by atoms with Crippen molar-refractivity contribution < 1.29 is 13.2 Å². The first-order valence-corrected chi connectivity index (χ1v) is 11.2. The maximum Gasteiger partial charge on any atom is 0.339 e. The Morgan fingerprint density at radius 3 is 2.43 bits per heavy atom. The van der Waals surface area contributed by atoms with Gasteiger partial charge in [-0.25, -0.2) is 22.6 Å². The van der Waals surface area contributed by atoms with E-state index in [9.17, 15) is 18.0 Å². The molecule has 160 valence electrons. The summed E-state index contributed by atoms with van der Waals surface area (Å²) < 4.78 is 26.8. The normalized spacial score (nSPS) is 11.7. The Kier molecular flexibility index (Phi) is 5.92. The Labute approximate surface area is 173 Å². The van der Waals surface area contributed by atoms with Gasteiger partial charge >= 0.3 is 11.7 Å². The summed E-state index contributed by atoms with van der Waals surface area (Å²) in [4.78, 5) is 35.6. The molecule has 0 saturated heterocycles. The van der Waals surface area contributed by atoms with Crippen LogP contribution in [0.5, 0.6) is 0 Å². The number of nitrogens with zero attached hydrogens (tertiary/aromatic N) is 5. The van der Waals surface area contributed by atoms with Gasteiger partial charge in [0.25, 0.3) is 5.16 Å². The summed E-state index contributed by atoms with van der Waals surface area (Å²) in [7, 11) is -2.20. The SMILES string of the molecule is CCCN(C)C(=O)n1c(=O)n(Cc2ccccc2)c2nc(S(=O)(=O)CC)nc(N)c21. The van der Waals surface area contributed by atoms with Gasteiger partial charge in [0.1, 0.15) is 5.52 Å². The van der Waals surface area contributed by atoms with Crippen LogP contribution in [0.2, 0.25) is 0 Å². The molecule has 2 N–H and O–H groups in total. The van der Waals surface area contributed by atoms with E-state index in [4.69, 9.17) is 5.73 Å². The zero-order chi connectivity index (χ0) is 22.1. The molecule has 0 spiro atoms. The molecule has 11 heteroatoms. The molecule has 0 atom stereocenters. The summed E-state index contributed by atoms with van der Waals surface area (Å²) in [5, 5.41) is -0.469. The topological polar surface area (TPSA) is 133 Å². The Morgan fingerprint density at radius 2 is 1.83 bits per heavy atom. The van der Waals surface area contributed by atoms with Gasteiger partial charge < -0.3 is 10.6 Å². The molecule has 0 fully saturated rings. The largest absolute Gasteiger partial charge is 0.382 e. The molecule has 0 unspecified atom stereocenters. The summed E-state index contributed by atoms with van der Waals surface area (Å²) in [5.41, 5.74) is 6.16. The number of rotatable bonds is 6. The van der Waals surface area contributed by atoms with Crippen LogP contribution in [0, 0.1) is 0 Å². The Bertz CT molecular complexity index is 1250. The number of carbonyl (C=O) groups is 1. The highest BCUT2D eigenvalue weighted by Gasteiger charge is 2.27. The average Bonchev–Trinajstić information content (AvgIpc) is 3.00. The first-order valence-electron chi connectivity index (χ1n) is 9.52. The zero-order valence-corrected chi connectivity index (χ0v) is 17.9. The van der Waals surface area contributed by atoms with Crippen LogP contribution in [-0.2, 0) is 16.4 Å². The van der Waals surface area contributed by atoms with Crippen molar-refractivity contribution in [1.29, 1.82) is 0 Å². The van der Waals surface area contributed by atoms with E-state index in [1.54, 1.807) is 7.05 Å². The fourth-order valence-electron chi connectivity index (χ4n) is 3.10. The van der Waals surface area contributed by atoms with Crippen molar-refractivity contribution in [3.8, 4) is 0 Å². The maximum atomic E-state index is 13.2. The number of nitrogens with two attached hydrogens (primary N) is 1. The quantitative estimate of drug-likeness (QED) is 0.581. The molecule has 1 aromatic carbocycles. The second-order valence-electron chi connectivity index (χ2n) is 6.86. The third-order valence-electron chi connectivity index (χ3n) is 4.69. The van der Waals surface area contributed by atoms with Gasteiger partial charge in [0, 0.05) is 13.6 Å². The number of amides is 1. The highest BCUT2D eigenvalue weighted by Crippen LogP contribution is 2.21. The van der Waals surface area contributed by atoms with Crippen molar-refractivity contribution in [1.82, 2.24) is 24.0 Å². The number of imidazole rings is 1. The Hall–Kier alpha value is -3.21. The fourth-order valence-corrected chi connectivity index (χ4v) is 3.83. The number of nitrogen functional groups attached to an aromatic ring is 1. The van der Waals surface area contributed by atoms with Crippen LogP contribution in [-0.4, -0.2) is 57.8 Å². The number of carbonyl (C=O) groups excluding carboxylic acids is 1. The van der Waals surface area contributed by atoms with E-state index in [2.05, 4.69) is 9.97 Å². The number of anilines is 1. The zero-order valence-electron chi connectivity index (χ0n) is 17.1. The molecule has 0 aliphatic carbocycles. The third kappa shape index (κ3) is 3.80. The van der Waals surface area contributed by atoms with Crippen LogP contribution in [0.3, 0.4) is 0 Å². The second kappa shape index (κ2) is 8.27. The molecule has 0 saturated carbocycles. The lowest BCUT2D eigenvalue weighted by Gasteiger charge is -2.16. The molecule has 0 radical (unpaired) electrons. The molecular weight excluding hydrogens is 408 g/mol. The molecule has 2 heterocycles. The summed E-state index contributed by atoms with van der Waals surface area (Å²) in [6.07, 6.45) is 0.699. The van der Waals surface area contributed by atoms with Crippen molar-refractivity contribution in [2.75, 3.05) is 25.1 Å². The minimum absolute atomic E-state index is 0.000984. The van der Waals surface area contributed by atoms with Gasteiger partial charge in [-0.05, 0) is 12.0 Å². The standard InChI is InChI=1S/C19H24N6O4S/c1-4-11-23(3)18(26)25-14-15(20)21-17(30(28,29)5-2)22-16(14)24(19(25)27)12-13-9-7-6-8-10-13/h6-10H,4-5,11-12H2,1-3H3,(H2,20,21,22). The van der Waals surface area contributed by atoms with Crippen molar-refractivity contribution >= 4 is 32.9 Å². The van der Waals surface area contributed by atoms with Gasteiger partial charge in [0.15, 0.2) is 11.5 Å². The van der Waals surface area contributed by atoms with E-state index >= 15 is 0 Å². The van der Waals surface area contributed by atoms with Crippen LogP contribution in [0.4, 0.5) is 10.6 Å². The number of benzene rings is 1. The first kappa shape index (κ1) is 21.5. The Balaban J connectivity index is 2.33. The second-order valence-corrected chi connectivity index (χ2v) is 9.03. The third-order valence-corrected chi connectivity index (χ3v) is 6.19. The number of aromatic nitrogens is 4. The number of hydrogen-bond donors (Lipinski definition) is 1. The van der Waals surface area contributed by atoms with E-state index in [0.29, 0.717) is 13.0 Å². The summed E-state index contributed by atoms with van der Waals surface area (Å²) in [6.45, 7) is 3.89. The molecule has 10 nitrogen and oxygen atoms in total. The minimum Gasteiger partial charge on any atom is -0.382 e. The molecule has 0 aliphatic rings. The van der Waals surface area contributed by atoms with Crippen molar-refractivity contribution in [3.63, 3.8) is 0 Å². The van der Waals surface area contributed by atoms with Crippen molar-refractivity contribution in [3.05, 3.63) is 46.4 Å². The lowest BCUT2D eigenvalue weighted by Crippen LogP contribution is -2.38. The van der Waals surface area contributed by atoms with Crippen LogP contribution in [0.1, 0.15) is 25.8 Å². The lowest BCUT2D eigenvalue weighted by atomic mass is 10.2. The van der Waals surface area contributed by atoms with E-state index in [1.165, 1.54) is 16.4 Å². The molecule has 3 rings (SSSR count). The van der Waals surface area contributed by atoms with Crippen molar-refractivity contribution in [2.24, 2.45) is 0 Å². The predicted molar refractivity (Wildman–Crippen MR) is 113 cm³/mol. The molecule has 2 aromatic heterocycles. The molecule has 0 aliphatic heterocycles. The van der Waals surface area contributed by atoms with E-state index in [-0.39, 0.29) is 29.3 Å². The van der Waals surface area contributed by atoms with Gasteiger partial charge in [-0.1, -0.05) is 44.2 Å². The molecule has 3 aromatic rings. The number of fused-ring (bicyclic) bond motifs is 1. The predicted octanol–water partition coefficient (Wildman–Crippen LogP) is 1.33. The monoisotopic (exact) mass is 432 g/mol.